The van der Waals surface area contributed by atoms with Crippen LogP contribution in [0, 0.1) is 17.5 Å². The minimum atomic E-state index is -1.33. The summed E-state index contributed by atoms with van der Waals surface area (Å²) in [5.41, 5.74) is -0.248. The molecular formula is C22H16F3N3O3. The largest absolute Gasteiger partial charge is 0.484 e. The average Bonchev–Trinajstić information content (AvgIpc) is 3.15. The van der Waals surface area contributed by atoms with E-state index in [2.05, 4.69) is 15.6 Å². The van der Waals surface area contributed by atoms with Gasteiger partial charge in [-0.25, -0.2) is 18.0 Å². The van der Waals surface area contributed by atoms with Gasteiger partial charge in [0.1, 0.15) is 28.7 Å². The Kier molecular flexibility index (Phi) is 4.28. The number of hydrogen-bond acceptors (Lipinski definition) is 4. The van der Waals surface area contributed by atoms with Gasteiger partial charge in [-0.05, 0) is 37.3 Å². The maximum atomic E-state index is 13.8. The van der Waals surface area contributed by atoms with Crippen LogP contribution in [-0.4, -0.2) is 22.7 Å². The molecular weight excluding hydrogens is 411 g/mol. The number of aromatic nitrogens is 1. The van der Waals surface area contributed by atoms with E-state index in [4.69, 9.17) is 9.47 Å². The van der Waals surface area contributed by atoms with E-state index in [1.165, 1.54) is 0 Å². The first kappa shape index (κ1) is 19.2. The Labute approximate surface area is 175 Å². The van der Waals surface area contributed by atoms with E-state index in [9.17, 15) is 18.0 Å². The summed E-state index contributed by atoms with van der Waals surface area (Å²) >= 11 is 0. The second-order valence-corrected chi connectivity index (χ2v) is 7.57. The predicted molar refractivity (Wildman–Crippen MR) is 105 cm³/mol. The van der Waals surface area contributed by atoms with Crippen LogP contribution in [0.1, 0.15) is 18.4 Å². The number of ether oxygens (including phenoxy) is 2. The van der Waals surface area contributed by atoms with Crippen LogP contribution < -0.4 is 20.1 Å². The van der Waals surface area contributed by atoms with Crippen molar-refractivity contribution in [3.05, 3.63) is 77.9 Å². The number of urea groups is 1. The number of pyridine rings is 1. The summed E-state index contributed by atoms with van der Waals surface area (Å²) in [6.45, 7) is 1.85. The quantitative estimate of drug-likeness (QED) is 0.591. The third kappa shape index (κ3) is 3.31. The van der Waals surface area contributed by atoms with Gasteiger partial charge in [-0.3, -0.25) is 4.98 Å². The number of nitrogens with one attached hydrogen (secondary N) is 2. The third-order valence-corrected chi connectivity index (χ3v) is 5.54. The van der Waals surface area contributed by atoms with Crippen molar-refractivity contribution >= 4 is 11.7 Å². The van der Waals surface area contributed by atoms with Crippen LogP contribution in [0.2, 0.25) is 0 Å². The number of hydrogen-bond donors (Lipinski definition) is 2. The van der Waals surface area contributed by atoms with E-state index in [0.717, 1.165) is 5.56 Å². The molecule has 2 aliphatic rings. The van der Waals surface area contributed by atoms with E-state index in [1.54, 1.807) is 36.7 Å². The molecule has 1 saturated carbocycles. The van der Waals surface area contributed by atoms with Crippen molar-refractivity contribution < 1.29 is 27.4 Å². The van der Waals surface area contributed by atoms with Crippen molar-refractivity contribution in [1.82, 2.24) is 10.3 Å². The number of nitrogens with zero attached hydrogens (tertiary/aromatic N) is 1. The molecule has 3 aromatic rings. The molecule has 2 heterocycles. The molecule has 2 aromatic carbocycles. The maximum Gasteiger partial charge on any atom is 0.319 e. The van der Waals surface area contributed by atoms with Gasteiger partial charge in [-0.2, -0.15) is 0 Å². The maximum absolute atomic E-state index is 13.8. The van der Waals surface area contributed by atoms with Crippen LogP contribution in [0.15, 0.2) is 54.9 Å². The van der Waals surface area contributed by atoms with Crippen molar-refractivity contribution in [2.24, 2.45) is 0 Å². The van der Waals surface area contributed by atoms with Gasteiger partial charge in [0.15, 0.2) is 11.6 Å². The van der Waals surface area contributed by atoms with Crippen LogP contribution >= 0.6 is 0 Å². The van der Waals surface area contributed by atoms with Crippen LogP contribution in [0.5, 0.6) is 17.2 Å². The molecule has 31 heavy (non-hydrogen) atoms. The molecule has 1 unspecified atom stereocenters. The van der Waals surface area contributed by atoms with Crippen molar-refractivity contribution in [2.75, 3.05) is 5.32 Å². The van der Waals surface area contributed by atoms with Gasteiger partial charge in [0.2, 0.25) is 0 Å². The summed E-state index contributed by atoms with van der Waals surface area (Å²) in [7, 11) is 0. The molecule has 9 heteroatoms. The number of carbonyl (C=O) groups is 1. The molecule has 3 atom stereocenters. The number of fused-ring (bicyclic) bond motifs is 3. The number of anilines is 1. The van der Waals surface area contributed by atoms with E-state index in [0.29, 0.717) is 29.4 Å². The van der Waals surface area contributed by atoms with Crippen molar-refractivity contribution in [3.8, 4) is 17.2 Å². The molecule has 1 aliphatic carbocycles. The van der Waals surface area contributed by atoms with Crippen LogP contribution in [0.3, 0.4) is 0 Å². The topological polar surface area (TPSA) is 72.5 Å². The third-order valence-electron chi connectivity index (χ3n) is 5.54. The average molecular weight is 427 g/mol. The van der Waals surface area contributed by atoms with Gasteiger partial charge in [0, 0.05) is 30.1 Å². The van der Waals surface area contributed by atoms with E-state index in [-0.39, 0.29) is 12.0 Å². The van der Waals surface area contributed by atoms with Gasteiger partial charge in [0.05, 0.1) is 17.6 Å². The SMILES string of the molecule is CC12Oc3ccc(Oc4ccncc4)cc3[C@H]1[C@@H]2NC(=O)Nc1cc(F)c(F)cc1F. The van der Waals surface area contributed by atoms with Gasteiger partial charge >= 0.3 is 6.03 Å². The van der Waals surface area contributed by atoms with Crippen molar-refractivity contribution in [1.29, 1.82) is 0 Å². The Bertz CT molecular complexity index is 1190. The van der Waals surface area contributed by atoms with Crippen LogP contribution in [0.25, 0.3) is 0 Å². The normalized spacial score (nSPS) is 22.7. The monoisotopic (exact) mass is 427 g/mol. The molecule has 158 valence electrons. The summed E-state index contributed by atoms with van der Waals surface area (Å²) < 4.78 is 52.0. The minimum absolute atomic E-state index is 0.135. The zero-order valence-corrected chi connectivity index (χ0v) is 16.2. The van der Waals surface area contributed by atoms with E-state index in [1.807, 2.05) is 13.0 Å². The Hall–Kier alpha value is -3.75. The second kappa shape index (κ2) is 6.90. The molecule has 0 bridgehead atoms. The number of carbonyl (C=O) groups excluding carboxylic acids is 1. The summed E-state index contributed by atoms with van der Waals surface area (Å²) in [5, 5.41) is 4.92. The van der Waals surface area contributed by atoms with Gasteiger partial charge in [-0.1, -0.05) is 0 Å². The predicted octanol–water partition coefficient (Wildman–Crippen LogP) is 4.73. The second-order valence-electron chi connectivity index (χ2n) is 7.57. The summed E-state index contributed by atoms with van der Waals surface area (Å²) in [6, 6.07) is 8.74. The first-order valence-corrected chi connectivity index (χ1v) is 9.48. The summed E-state index contributed by atoms with van der Waals surface area (Å²) in [5.74, 6) is -1.86. The number of halogens is 3. The molecule has 2 N–H and O–H groups in total. The molecule has 0 spiro atoms. The first-order chi connectivity index (χ1) is 14.8. The van der Waals surface area contributed by atoms with Crippen LogP contribution in [0.4, 0.5) is 23.7 Å². The number of benzene rings is 2. The standard InChI is InChI=1S/C22H16F3N3O3/c1-22-19(20(22)28-21(29)27-17-10-15(24)14(23)9-16(17)25)13-8-12(2-3-18(13)31-22)30-11-4-6-26-7-5-11/h2-10,19-20H,1H3,(H2,27,28,29)/t19-,20-,22?/m0/s1. The molecule has 1 aliphatic heterocycles. The Balaban J connectivity index is 1.29. The highest BCUT2D eigenvalue weighted by Gasteiger charge is 2.70. The zero-order valence-electron chi connectivity index (χ0n) is 16.2. The number of rotatable bonds is 4. The lowest BCUT2D eigenvalue weighted by Gasteiger charge is -2.16. The fourth-order valence-electron chi connectivity index (χ4n) is 3.96. The first-order valence-electron chi connectivity index (χ1n) is 9.48. The van der Waals surface area contributed by atoms with Gasteiger partial charge in [-0.15, -0.1) is 0 Å². The minimum Gasteiger partial charge on any atom is -0.484 e. The van der Waals surface area contributed by atoms with Crippen LogP contribution in [-0.2, 0) is 0 Å². The van der Waals surface area contributed by atoms with Gasteiger partial charge < -0.3 is 20.1 Å². The molecule has 0 radical (unpaired) electrons. The molecule has 0 saturated heterocycles. The highest BCUT2D eigenvalue weighted by molar-refractivity contribution is 5.90. The van der Waals surface area contributed by atoms with Crippen molar-refractivity contribution in [2.45, 2.75) is 24.5 Å². The molecule has 5 rings (SSSR count). The van der Waals surface area contributed by atoms with Crippen molar-refractivity contribution in [3.63, 3.8) is 0 Å². The Morgan fingerprint density at radius 1 is 1.03 bits per heavy atom. The smallest absolute Gasteiger partial charge is 0.319 e. The highest BCUT2D eigenvalue weighted by atomic mass is 19.2. The molecule has 1 aromatic heterocycles. The van der Waals surface area contributed by atoms with E-state index >= 15 is 0 Å². The molecule has 1 fully saturated rings. The fourth-order valence-corrected chi connectivity index (χ4v) is 3.96. The zero-order chi connectivity index (χ0) is 21.8. The molecule has 2 amide bonds. The highest BCUT2D eigenvalue weighted by Crippen LogP contribution is 2.62. The Morgan fingerprint density at radius 3 is 2.55 bits per heavy atom. The summed E-state index contributed by atoms with van der Waals surface area (Å²) in [6.07, 6.45) is 3.25. The molecule has 6 nitrogen and oxygen atoms in total. The number of amides is 2. The fraction of sp³-hybridized carbons (Fsp3) is 0.182. The Morgan fingerprint density at radius 2 is 1.77 bits per heavy atom. The lowest BCUT2D eigenvalue weighted by molar-refractivity contribution is 0.197. The lowest BCUT2D eigenvalue weighted by Crippen LogP contribution is -2.37. The lowest BCUT2D eigenvalue weighted by atomic mass is 10.1. The summed E-state index contributed by atoms with van der Waals surface area (Å²) in [4.78, 5) is 16.3. The van der Waals surface area contributed by atoms with E-state index < -0.39 is 34.8 Å². The van der Waals surface area contributed by atoms with Gasteiger partial charge in [0.25, 0.3) is 0 Å².